The second-order valence-electron chi connectivity index (χ2n) is 15.1. The van der Waals surface area contributed by atoms with Crippen molar-refractivity contribution in [1.82, 2.24) is 0 Å². The third kappa shape index (κ3) is 4.83. The molecule has 12 aromatic rings. The number of benzene rings is 11. The van der Waals surface area contributed by atoms with Gasteiger partial charge in [0.15, 0.2) is 0 Å². The first-order valence-corrected chi connectivity index (χ1v) is 19.7. The lowest BCUT2D eigenvalue weighted by Crippen LogP contribution is -1.92. The summed E-state index contributed by atoms with van der Waals surface area (Å²) in [5, 5.41) is 14.6. The van der Waals surface area contributed by atoms with Crippen LogP contribution in [0.25, 0.3) is 120 Å². The maximum absolute atomic E-state index is 6.67. The second kappa shape index (κ2) is 12.5. The van der Waals surface area contributed by atoms with Crippen LogP contribution in [0.1, 0.15) is 0 Å². The minimum absolute atomic E-state index is 0.906. The zero-order valence-electron chi connectivity index (χ0n) is 31.0. The van der Waals surface area contributed by atoms with Gasteiger partial charge < -0.3 is 4.42 Å². The predicted octanol–water partition coefficient (Wildman–Crippen LogP) is 16.0. The Bertz CT molecular complexity index is 3510. The van der Waals surface area contributed by atoms with Crippen LogP contribution in [0.3, 0.4) is 0 Å². The lowest BCUT2D eigenvalue weighted by Gasteiger charge is -2.19. The molecule has 0 bridgehead atoms. The molecule has 0 amide bonds. The molecule has 1 aromatic heterocycles. The van der Waals surface area contributed by atoms with E-state index >= 15 is 0 Å². The molecule has 0 saturated heterocycles. The summed E-state index contributed by atoms with van der Waals surface area (Å²) >= 11 is 0. The summed E-state index contributed by atoms with van der Waals surface area (Å²) in [6.45, 7) is 0. The number of fused-ring (bicyclic) bond motifs is 10. The van der Waals surface area contributed by atoms with E-state index in [0.717, 1.165) is 27.3 Å². The van der Waals surface area contributed by atoms with Crippen molar-refractivity contribution in [3.8, 4) is 44.5 Å². The highest BCUT2D eigenvalue weighted by Crippen LogP contribution is 2.48. The summed E-state index contributed by atoms with van der Waals surface area (Å²) in [5.74, 6) is 0. The lowest BCUT2D eigenvalue weighted by molar-refractivity contribution is 0.673. The number of hydrogen-bond acceptors (Lipinski definition) is 1. The standard InChI is InChI=1S/C56H34O/c1-4-18-41-35(14-1)32-33-50-55-49(26-13-27-52(55)57-56(41)50)54-47-24-11-9-22-45(47)53(46-23-10-12-25-48(46)54)37-30-28-36(29-31-37)39-16-5-6-20-43(39)51-34-38-15-2-3-17-40(38)42-19-7-8-21-44(42)51/h1-34H. The topological polar surface area (TPSA) is 13.1 Å². The van der Waals surface area contributed by atoms with Crippen LogP contribution in [-0.2, 0) is 0 Å². The van der Waals surface area contributed by atoms with Gasteiger partial charge >= 0.3 is 0 Å². The van der Waals surface area contributed by atoms with Crippen LogP contribution < -0.4 is 0 Å². The van der Waals surface area contributed by atoms with Gasteiger partial charge in [-0.15, -0.1) is 0 Å². The van der Waals surface area contributed by atoms with Crippen LogP contribution in [0, 0.1) is 0 Å². The molecule has 0 spiro atoms. The summed E-state index contributed by atoms with van der Waals surface area (Å²) in [6, 6.07) is 75.2. The van der Waals surface area contributed by atoms with Crippen LogP contribution in [0.2, 0.25) is 0 Å². The van der Waals surface area contributed by atoms with Gasteiger partial charge in [0.05, 0.1) is 0 Å². The summed E-state index contributed by atoms with van der Waals surface area (Å²) in [4.78, 5) is 0. The van der Waals surface area contributed by atoms with E-state index in [2.05, 4.69) is 206 Å². The van der Waals surface area contributed by atoms with Gasteiger partial charge in [0, 0.05) is 16.2 Å². The van der Waals surface area contributed by atoms with Gasteiger partial charge in [-0.3, -0.25) is 0 Å². The maximum atomic E-state index is 6.67. The fraction of sp³-hybridized carbons (Fsp3) is 0. The Balaban J connectivity index is 1.05. The van der Waals surface area contributed by atoms with E-state index < -0.39 is 0 Å². The van der Waals surface area contributed by atoms with Crippen molar-refractivity contribution in [2.24, 2.45) is 0 Å². The quantitative estimate of drug-likeness (QED) is 0.130. The van der Waals surface area contributed by atoms with E-state index in [4.69, 9.17) is 4.42 Å². The largest absolute Gasteiger partial charge is 0.455 e. The first-order chi connectivity index (χ1) is 28.3. The molecule has 0 fully saturated rings. The average molecular weight is 723 g/mol. The zero-order valence-corrected chi connectivity index (χ0v) is 31.0. The Hall–Kier alpha value is -7.48. The van der Waals surface area contributed by atoms with Gasteiger partial charge in [-0.05, 0) is 111 Å². The van der Waals surface area contributed by atoms with Crippen molar-refractivity contribution < 1.29 is 4.42 Å². The molecule has 1 nitrogen and oxygen atoms in total. The fourth-order valence-corrected chi connectivity index (χ4v) is 9.55. The third-order valence-electron chi connectivity index (χ3n) is 12.1. The number of hydrogen-bond donors (Lipinski definition) is 0. The highest BCUT2D eigenvalue weighted by molar-refractivity contribution is 6.27. The maximum Gasteiger partial charge on any atom is 0.143 e. The molecule has 0 radical (unpaired) electrons. The molecule has 0 atom stereocenters. The van der Waals surface area contributed by atoms with Crippen LogP contribution in [-0.4, -0.2) is 0 Å². The first kappa shape index (κ1) is 31.8. The highest BCUT2D eigenvalue weighted by Gasteiger charge is 2.21. The first-order valence-electron chi connectivity index (χ1n) is 19.7. The minimum atomic E-state index is 0.906. The van der Waals surface area contributed by atoms with Gasteiger partial charge in [0.25, 0.3) is 0 Å². The molecule has 12 rings (SSSR count). The van der Waals surface area contributed by atoms with Crippen molar-refractivity contribution >= 4 is 75.8 Å². The molecule has 1 heteroatoms. The van der Waals surface area contributed by atoms with Gasteiger partial charge in [0.2, 0.25) is 0 Å². The molecular formula is C56H34O. The Labute approximate surface area is 329 Å². The third-order valence-corrected chi connectivity index (χ3v) is 12.1. The van der Waals surface area contributed by atoms with E-state index in [1.807, 2.05) is 0 Å². The van der Waals surface area contributed by atoms with Crippen molar-refractivity contribution in [3.63, 3.8) is 0 Å². The molecule has 0 saturated carbocycles. The molecular weight excluding hydrogens is 689 g/mol. The van der Waals surface area contributed by atoms with E-state index in [0.29, 0.717) is 0 Å². The van der Waals surface area contributed by atoms with Crippen LogP contribution in [0.5, 0.6) is 0 Å². The van der Waals surface area contributed by atoms with Crippen molar-refractivity contribution in [1.29, 1.82) is 0 Å². The highest BCUT2D eigenvalue weighted by atomic mass is 16.3. The fourth-order valence-electron chi connectivity index (χ4n) is 9.55. The Morgan fingerprint density at radius 2 is 0.789 bits per heavy atom. The van der Waals surface area contributed by atoms with Crippen molar-refractivity contribution in [2.45, 2.75) is 0 Å². The van der Waals surface area contributed by atoms with E-state index in [1.54, 1.807) is 0 Å². The SMILES string of the molecule is c1ccc(-c2cc3ccccc3c3ccccc23)c(-c2ccc(-c3c4ccccc4c(-c4cccc5oc6c7ccccc7ccc6c45)c4ccccc34)cc2)c1. The summed E-state index contributed by atoms with van der Waals surface area (Å²) in [5.41, 5.74) is 11.6. The number of furan rings is 1. The second-order valence-corrected chi connectivity index (χ2v) is 15.1. The Morgan fingerprint density at radius 1 is 0.263 bits per heavy atom. The number of rotatable bonds is 4. The van der Waals surface area contributed by atoms with E-state index in [9.17, 15) is 0 Å². The van der Waals surface area contributed by atoms with Gasteiger partial charge in [0.1, 0.15) is 11.2 Å². The summed E-state index contributed by atoms with van der Waals surface area (Å²) < 4.78 is 6.67. The molecule has 57 heavy (non-hydrogen) atoms. The van der Waals surface area contributed by atoms with Gasteiger partial charge in [-0.25, -0.2) is 0 Å². The minimum Gasteiger partial charge on any atom is -0.455 e. The molecule has 0 unspecified atom stereocenters. The molecule has 264 valence electrons. The van der Waals surface area contributed by atoms with E-state index in [-0.39, 0.29) is 0 Å². The Kier molecular flexibility index (Phi) is 7.00. The van der Waals surface area contributed by atoms with E-state index in [1.165, 1.54) is 93.0 Å². The lowest BCUT2D eigenvalue weighted by atomic mass is 9.84. The van der Waals surface area contributed by atoms with Crippen LogP contribution in [0.15, 0.2) is 211 Å². The van der Waals surface area contributed by atoms with Crippen molar-refractivity contribution in [3.05, 3.63) is 206 Å². The molecule has 0 aliphatic heterocycles. The van der Waals surface area contributed by atoms with Crippen LogP contribution >= 0.6 is 0 Å². The van der Waals surface area contributed by atoms with Gasteiger partial charge in [-0.2, -0.15) is 0 Å². The predicted molar refractivity (Wildman–Crippen MR) is 243 cm³/mol. The molecule has 11 aromatic carbocycles. The van der Waals surface area contributed by atoms with Crippen LogP contribution in [0.4, 0.5) is 0 Å². The monoisotopic (exact) mass is 722 g/mol. The smallest absolute Gasteiger partial charge is 0.143 e. The van der Waals surface area contributed by atoms with Crippen molar-refractivity contribution in [2.75, 3.05) is 0 Å². The summed E-state index contributed by atoms with van der Waals surface area (Å²) in [7, 11) is 0. The molecule has 0 aliphatic rings. The normalized spacial score (nSPS) is 11.9. The zero-order chi connectivity index (χ0) is 37.5. The molecule has 0 aliphatic carbocycles. The molecule has 0 N–H and O–H groups in total. The molecule has 1 heterocycles. The summed E-state index contributed by atoms with van der Waals surface area (Å²) in [6.07, 6.45) is 0. The Morgan fingerprint density at radius 3 is 1.51 bits per heavy atom. The van der Waals surface area contributed by atoms with Gasteiger partial charge in [-0.1, -0.05) is 188 Å². The average Bonchev–Trinajstić information content (AvgIpc) is 3.68.